The number of nitrogens with zero attached hydrogens (tertiary/aromatic N) is 12. The predicted molar refractivity (Wildman–Crippen MR) is 490 cm³/mol. The summed E-state index contributed by atoms with van der Waals surface area (Å²) in [5, 5.41) is 11.8. The number of fused-ring (bicyclic) bond motifs is 1. The zero-order valence-electron chi connectivity index (χ0n) is 78.3. The number of aromatic nitrogens is 14. The summed E-state index contributed by atoms with van der Waals surface area (Å²) in [6.07, 6.45) is -30.7. The molecule has 0 spiro atoms. The van der Waals surface area contributed by atoms with E-state index < -0.39 is 269 Å². The van der Waals surface area contributed by atoms with Crippen LogP contribution in [-0.2, 0) is 171 Å². The van der Waals surface area contributed by atoms with Crippen LogP contribution in [0.1, 0.15) is 85.0 Å². The first-order valence-corrected chi connectivity index (χ1v) is 54.4. The number of imidazole rings is 1. The van der Waals surface area contributed by atoms with Crippen molar-refractivity contribution in [2.45, 2.75) is 196 Å². The molecule has 143 heavy (non-hydrogen) atoms. The van der Waals surface area contributed by atoms with Crippen molar-refractivity contribution < 1.29 is 159 Å². The maximum Gasteiger partial charge on any atom is 0.351 e. The van der Waals surface area contributed by atoms with Gasteiger partial charge in [0.1, 0.15) is 141 Å². The van der Waals surface area contributed by atoms with Gasteiger partial charge in [-0.2, -0.15) is 15.0 Å². The second-order valence-electron chi connectivity index (χ2n) is 32.9. The summed E-state index contributed by atoms with van der Waals surface area (Å²) in [5.74, 6) is -0.656. The predicted octanol–water partition coefficient (Wildman–Crippen LogP) is -3.96. The molecule has 0 aliphatic carbocycles. The Morgan fingerprint density at radius 1 is 0.420 bits per heavy atom. The zero-order valence-corrected chi connectivity index (χ0v) is 85.2. The summed E-state index contributed by atoms with van der Waals surface area (Å²) in [5.41, 5.74) is 18.4. The number of hydrogen-bond donors (Lipinski definition) is 7. The standard InChI is InChI=1S/C76H113N18O41P5S3/c1-12-41-42(23-48(125-41)89-27-39(5)65(96)87-75(89)101)131-138(107,141)123-32-46-52(57(117-20-15-112-9)68(129-46)91-25-37(3)61(78)85-73(91)99)133-136(103,104)120-30-44-51(56(116-19-14-111-8)69(127-44)93-28-40(6)66(97)88-76(93)102)132-137(105,106)121-31-45-53(58(118-21-16-113-10)70(128-45)92-26-38(4)62(79)86-74(92)100)134-140(109,143)124-33-47-54(59(119-22-17-114-11)71(130-47)94-35-83-49-63(80)81-34-82-64(49)94)135-139(108,142)122-29-43-50(95)55(115-18-13-110-7)67(126-43)90-24-36(2)60(77)84-72(90)98/h24-28,34-35,41-48,50-59,67-71,95H,12-23,29-33H2,1-11H3,(H,103,104)(H,105,106)(H,107,141)(H,108,142)(H,109,143)(H2,77,84,98)(H2,78,85,99)(H2,79,86,100)(H2,80,81,82)(H,87,96,101)(H,88,97,102)/p-5/t41-,42-,43-,44-,45-,46-,47-,48-,50+,51+,52+,53+,54+,55?,56?,57?,58?,59?,67-,68-,69-,70-,71-,138?,139?,140?/m1/s1. The van der Waals surface area contributed by atoms with E-state index in [9.17, 15) is 43.6 Å². The Kier molecular flexibility index (Phi) is 38.8. The molecule has 7 aromatic rings. The summed E-state index contributed by atoms with van der Waals surface area (Å²) in [4.78, 5) is 182. The van der Waals surface area contributed by atoms with Crippen LogP contribution >= 0.6 is 35.9 Å². The second kappa shape index (κ2) is 49.1. The van der Waals surface area contributed by atoms with Crippen molar-refractivity contribution in [2.24, 2.45) is 0 Å². The van der Waals surface area contributed by atoms with Gasteiger partial charge in [-0.3, -0.25) is 60.7 Å². The van der Waals surface area contributed by atoms with Gasteiger partial charge in [-0.1, -0.05) is 30.5 Å². The van der Waals surface area contributed by atoms with E-state index in [-0.39, 0.29) is 116 Å². The molecule has 6 saturated heterocycles. The van der Waals surface area contributed by atoms with Crippen LogP contribution in [-0.4, -0.2) is 311 Å². The molecule has 0 bridgehead atoms. The lowest BCUT2D eigenvalue weighted by Gasteiger charge is -2.36. The number of rotatable bonds is 52. The molecule has 10 unspecified atom stereocenters. The van der Waals surface area contributed by atoms with E-state index in [2.05, 4.69) is 39.9 Å². The van der Waals surface area contributed by atoms with Gasteiger partial charge in [-0.05, 0) is 41.0 Å². The first-order valence-electron chi connectivity index (χ1n) is 43.8. The van der Waals surface area contributed by atoms with Gasteiger partial charge in [0.25, 0.3) is 26.8 Å². The Labute approximate surface area is 826 Å². The van der Waals surface area contributed by atoms with Crippen LogP contribution in [0.4, 0.5) is 23.3 Å². The molecule has 0 aromatic carbocycles. The molecule has 28 atom stereocenters. The Balaban J connectivity index is 0.797. The number of phosphoric acid groups is 2. The van der Waals surface area contributed by atoms with Crippen molar-refractivity contribution in [1.82, 2.24) is 67.3 Å². The molecule has 796 valence electrons. The third kappa shape index (κ3) is 27.6. The molecular formula is C76H108N18O41P5S3-5. The fraction of sp³-hybridized carbons (Fsp3) is 0.671. The molecule has 6 aliphatic heterocycles. The van der Waals surface area contributed by atoms with Gasteiger partial charge in [-0.25, -0.2) is 38.9 Å². The molecule has 11 N–H and O–H groups in total. The van der Waals surface area contributed by atoms with Crippen LogP contribution in [0.2, 0.25) is 0 Å². The smallest absolute Gasteiger partial charge is 0.351 e. The van der Waals surface area contributed by atoms with E-state index in [1.165, 1.54) is 98.9 Å². The fourth-order valence-electron chi connectivity index (χ4n) is 16.1. The summed E-state index contributed by atoms with van der Waals surface area (Å²) in [6.45, 7) is -14.4. The molecule has 67 heteroatoms. The molecule has 0 amide bonds. The Morgan fingerprint density at radius 2 is 0.769 bits per heavy atom. The number of ether oxygens (including phenoxy) is 16. The SMILES string of the molecule is CC[C@H]1O[C@@H](n2cc(C)c(=O)[nH]c2=O)C[C@H]1OP([O-])(=S)OC[C@H]1O[C@@H](n2cc(C)c(N)nc2=O)C(OCCOC)[C@H]1OP(=O)([O-])OC[C@H]1O[C@@H](n2cc(C)c(=O)[nH]c2=O)C(OCCOC)[C@H]1OP(=O)([O-])OC[C@H]1O[C@@H](n2cc(C)c(N)nc2=O)C(OCCOC)[C@H]1OP(=O)([S-])OC[C@H]1O[C@@H](n2cnc3c(N)ncnc32)C(OCCOC)[C@H]1OP([O-])(=S)OC[C@H]1O[C@@H](n2cc(C)c(N)nc2=O)C(OCCOC)[C@H]1O. The van der Waals surface area contributed by atoms with Gasteiger partial charge in [0, 0.05) is 101 Å². The van der Waals surface area contributed by atoms with Gasteiger partial charge in [0.05, 0.1) is 118 Å². The van der Waals surface area contributed by atoms with Crippen molar-refractivity contribution in [1.29, 1.82) is 0 Å². The number of aliphatic hydroxyl groups excluding tert-OH is 1. The van der Waals surface area contributed by atoms with Crippen LogP contribution in [0, 0.1) is 34.6 Å². The number of aryl methyl sites for hydroxylation is 5. The number of nitrogens with two attached hydrogens (primary N) is 4. The molecule has 0 radical (unpaired) electrons. The first kappa shape index (κ1) is 113. The minimum absolute atomic E-state index is 0.0256. The summed E-state index contributed by atoms with van der Waals surface area (Å²) in [7, 11) is -5.80. The number of nitrogens with one attached hydrogen (secondary N) is 2. The number of hydrogen-bond acceptors (Lipinski definition) is 54. The lowest BCUT2D eigenvalue weighted by Crippen LogP contribution is -2.43. The average Bonchev–Trinajstić information content (AvgIpc) is 1.62. The van der Waals surface area contributed by atoms with Gasteiger partial charge >= 0.3 is 28.4 Å². The summed E-state index contributed by atoms with van der Waals surface area (Å²) < 4.78 is 206. The molecule has 7 aromatic heterocycles. The average molecular weight is 2180 g/mol. The van der Waals surface area contributed by atoms with E-state index in [4.69, 9.17) is 180 Å². The molecule has 6 aliphatic rings. The number of methoxy groups -OCH3 is 5. The highest BCUT2D eigenvalue weighted by Crippen LogP contribution is 2.56. The maximum absolute atomic E-state index is 15.5. The molecular weight excluding hydrogens is 2070 g/mol. The van der Waals surface area contributed by atoms with E-state index in [1.54, 1.807) is 13.8 Å². The van der Waals surface area contributed by atoms with Crippen molar-refractivity contribution in [3.05, 3.63) is 145 Å². The summed E-state index contributed by atoms with van der Waals surface area (Å²) >= 11 is 16.7. The van der Waals surface area contributed by atoms with E-state index >= 15 is 28.4 Å². The summed E-state index contributed by atoms with van der Waals surface area (Å²) in [6, 6.07) is 0. The van der Waals surface area contributed by atoms with E-state index in [0.717, 1.165) is 35.4 Å². The van der Waals surface area contributed by atoms with Gasteiger partial charge < -0.3 is 181 Å². The van der Waals surface area contributed by atoms with Crippen LogP contribution in [0.3, 0.4) is 0 Å². The normalized spacial score (nSPS) is 29.4. The molecule has 59 nitrogen and oxygen atoms in total. The quantitative estimate of drug-likeness (QED) is 0.0109. The van der Waals surface area contributed by atoms with Crippen LogP contribution in [0.15, 0.2) is 77.2 Å². The number of aliphatic hydroxyl groups is 1. The van der Waals surface area contributed by atoms with Crippen molar-refractivity contribution in [3.8, 4) is 0 Å². The van der Waals surface area contributed by atoms with Crippen LogP contribution < -0.4 is 82.1 Å². The first-order chi connectivity index (χ1) is 67.8. The van der Waals surface area contributed by atoms with E-state index in [1.807, 2.05) is 0 Å². The topological polar surface area (TPSA) is 766 Å². The zero-order chi connectivity index (χ0) is 104. The number of anilines is 4. The largest absolute Gasteiger partial charge is 0.780 e. The minimum Gasteiger partial charge on any atom is -0.780 e. The molecule has 6 fully saturated rings. The second-order valence-corrected chi connectivity index (χ2v) is 43.7. The van der Waals surface area contributed by atoms with Gasteiger partial charge in [0.2, 0.25) is 0 Å². The highest BCUT2D eigenvalue weighted by molar-refractivity contribution is 8.32. The fourth-order valence-corrected chi connectivity index (χ4v) is 22.3. The Morgan fingerprint density at radius 3 is 1.20 bits per heavy atom. The number of phosphoric ester groups is 2. The van der Waals surface area contributed by atoms with Crippen molar-refractivity contribution in [3.63, 3.8) is 0 Å². The highest BCUT2D eigenvalue weighted by Gasteiger charge is 2.57. The highest BCUT2D eigenvalue weighted by atomic mass is 32.7. The van der Waals surface area contributed by atoms with Crippen molar-refractivity contribution >= 4 is 106 Å². The van der Waals surface area contributed by atoms with Crippen molar-refractivity contribution in [2.75, 3.05) is 158 Å². The third-order valence-electron chi connectivity index (χ3n) is 23.2. The lowest BCUT2D eigenvalue weighted by atomic mass is 10.1. The van der Waals surface area contributed by atoms with Crippen LogP contribution in [0.5, 0.6) is 0 Å². The van der Waals surface area contributed by atoms with Gasteiger partial charge in [-0.15, -0.1) is 0 Å². The monoisotopic (exact) mass is 2180 g/mol. The maximum atomic E-state index is 15.5. The van der Waals surface area contributed by atoms with E-state index in [0.29, 0.717) is 5.56 Å². The third-order valence-corrected chi connectivity index (χ3v) is 29.7. The molecule has 13 heterocycles. The lowest BCUT2D eigenvalue weighted by molar-refractivity contribution is -0.241. The Hall–Kier alpha value is -7.15. The van der Waals surface area contributed by atoms with Gasteiger partial charge in [0.15, 0.2) is 49.4 Å². The number of nitrogen functional groups attached to an aromatic ring is 4. The Bertz CT molecular complexity index is 6290. The molecule has 13 rings (SSSR count). The number of aromatic amines is 2. The number of H-pyrrole nitrogens is 2. The molecule has 0 saturated carbocycles. The van der Waals surface area contributed by atoms with Crippen LogP contribution in [0.25, 0.3) is 11.2 Å². The minimum atomic E-state index is -6.25.